The molecule has 2 aromatic heterocycles. The molecule has 0 saturated heterocycles. The number of carbonyl (C=O) groups is 2. The molecule has 4 aromatic rings. The van der Waals surface area contributed by atoms with Gasteiger partial charge in [-0.1, -0.05) is 36.4 Å². The summed E-state index contributed by atoms with van der Waals surface area (Å²) in [6.07, 6.45) is 4.06. The Kier molecular flexibility index (Phi) is 4.92. The summed E-state index contributed by atoms with van der Waals surface area (Å²) in [6, 6.07) is 13.4. The van der Waals surface area contributed by atoms with E-state index in [2.05, 4.69) is 4.98 Å². The van der Waals surface area contributed by atoms with Crippen LogP contribution in [-0.4, -0.2) is 38.6 Å². The minimum Gasteiger partial charge on any atom is -0.480 e. The Labute approximate surface area is 166 Å². The second-order valence-corrected chi connectivity index (χ2v) is 7.20. The van der Waals surface area contributed by atoms with Gasteiger partial charge in [0, 0.05) is 35.1 Å². The van der Waals surface area contributed by atoms with Crippen LogP contribution in [-0.2, 0) is 17.6 Å². The van der Waals surface area contributed by atoms with Gasteiger partial charge in [-0.2, -0.15) is 0 Å². The summed E-state index contributed by atoms with van der Waals surface area (Å²) in [5.41, 5.74) is 15.4. The van der Waals surface area contributed by atoms with Crippen molar-refractivity contribution in [1.29, 1.82) is 0 Å². The van der Waals surface area contributed by atoms with Gasteiger partial charge in [0.05, 0.1) is 11.6 Å². The maximum absolute atomic E-state index is 13.1. The molecule has 0 radical (unpaired) electrons. The summed E-state index contributed by atoms with van der Waals surface area (Å²) >= 11 is 0. The highest BCUT2D eigenvalue weighted by Gasteiger charge is 2.22. The van der Waals surface area contributed by atoms with Crippen LogP contribution in [0.5, 0.6) is 0 Å². The van der Waals surface area contributed by atoms with Crippen LogP contribution in [0.3, 0.4) is 0 Å². The molecule has 0 aliphatic heterocycles. The zero-order chi connectivity index (χ0) is 20.5. The van der Waals surface area contributed by atoms with Gasteiger partial charge in [-0.3, -0.25) is 14.2 Å². The fourth-order valence-corrected chi connectivity index (χ4v) is 3.72. The van der Waals surface area contributed by atoms with E-state index in [4.69, 9.17) is 16.6 Å². The molecule has 6 N–H and O–H groups in total. The molecule has 0 aliphatic rings. The summed E-state index contributed by atoms with van der Waals surface area (Å²) in [5.74, 6) is -1.33. The molecule has 4 rings (SSSR count). The number of H-pyrrole nitrogens is 1. The molecule has 0 amide bonds. The van der Waals surface area contributed by atoms with Crippen molar-refractivity contribution < 1.29 is 14.7 Å². The lowest BCUT2D eigenvalue weighted by Gasteiger charge is -2.12. The Hall–Kier alpha value is -3.42. The number of hydrogen-bond acceptors (Lipinski definition) is 4. The third-order valence-electron chi connectivity index (χ3n) is 5.22. The zero-order valence-corrected chi connectivity index (χ0v) is 15.7. The van der Waals surface area contributed by atoms with Crippen molar-refractivity contribution in [3.05, 3.63) is 72.1 Å². The lowest BCUT2D eigenvalue weighted by molar-refractivity contribution is -0.138. The van der Waals surface area contributed by atoms with E-state index in [0.717, 1.165) is 21.9 Å². The normalized spacial score (nSPS) is 13.6. The van der Waals surface area contributed by atoms with Crippen LogP contribution in [0.4, 0.5) is 0 Å². The number of aromatic amines is 1. The maximum atomic E-state index is 13.1. The number of fused-ring (bicyclic) bond motifs is 2. The molecule has 0 fully saturated rings. The van der Waals surface area contributed by atoms with Crippen molar-refractivity contribution in [1.82, 2.24) is 9.55 Å². The third-order valence-corrected chi connectivity index (χ3v) is 5.22. The van der Waals surface area contributed by atoms with E-state index >= 15 is 0 Å². The highest BCUT2D eigenvalue weighted by atomic mass is 16.4. The van der Waals surface area contributed by atoms with Crippen LogP contribution in [0.25, 0.3) is 21.8 Å². The Morgan fingerprint density at radius 3 is 2.34 bits per heavy atom. The monoisotopic (exact) mass is 390 g/mol. The summed E-state index contributed by atoms with van der Waals surface area (Å²) in [7, 11) is 0. The van der Waals surface area contributed by atoms with E-state index in [0.29, 0.717) is 17.5 Å². The average Bonchev–Trinajstić information content (AvgIpc) is 3.29. The quantitative estimate of drug-likeness (QED) is 0.402. The number of carboxylic acid groups (broad SMARTS) is 1. The molecule has 0 spiro atoms. The van der Waals surface area contributed by atoms with E-state index in [1.165, 1.54) is 4.57 Å². The molecule has 2 atom stereocenters. The number of carbonyl (C=O) groups excluding carboxylic acids is 1. The number of benzene rings is 2. The van der Waals surface area contributed by atoms with Gasteiger partial charge in [-0.25, -0.2) is 0 Å². The summed E-state index contributed by atoms with van der Waals surface area (Å²) in [5, 5.41) is 11.0. The van der Waals surface area contributed by atoms with Gasteiger partial charge in [0.1, 0.15) is 6.04 Å². The summed E-state index contributed by atoms with van der Waals surface area (Å²) < 4.78 is 1.51. The van der Waals surface area contributed by atoms with Crippen LogP contribution in [0.1, 0.15) is 15.9 Å². The first-order valence-corrected chi connectivity index (χ1v) is 9.38. The molecular weight excluding hydrogens is 368 g/mol. The van der Waals surface area contributed by atoms with Crippen LogP contribution in [0.2, 0.25) is 0 Å². The lowest BCUT2D eigenvalue weighted by atomic mass is 10.0. The van der Waals surface area contributed by atoms with Gasteiger partial charge >= 0.3 is 5.97 Å². The fourth-order valence-electron chi connectivity index (χ4n) is 3.72. The van der Waals surface area contributed by atoms with Crippen molar-refractivity contribution >= 4 is 33.7 Å². The first kappa shape index (κ1) is 18.9. The standard InChI is InChI=1S/C22H22N4O3/c23-17(9-13-11-25-19-7-3-1-5-15(13)19)21(27)26-12-14(10-18(24)22(28)29)16-6-2-4-8-20(16)26/h1-8,11-12,17-18,25H,9-10,23-24H2,(H,28,29)/t17-,18-/m0/s1. The number of nitrogens with zero attached hydrogens (tertiary/aromatic N) is 1. The Bertz CT molecular complexity index is 1210. The first-order chi connectivity index (χ1) is 14.0. The van der Waals surface area contributed by atoms with E-state index in [1.54, 1.807) is 6.20 Å². The molecule has 7 nitrogen and oxygen atoms in total. The first-order valence-electron chi connectivity index (χ1n) is 9.38. The zero-order valence-electron chi connectivity index (χ0n) is 15.7. The van der Waals surface area contributed by atoms with Gasteiger partial charge < -0.3 is 21.6 Å². The second kappa shape index (κ2) is 7.54. The van der Waals surface area contributed by atoms with E-state index in [-0.39, 0.29) is 12.3 Å². The topological polar surface area (TPSA) is 127 Å². The van der Waals surface area contributed by atoms with Gasteiger partial charge in [0.15, 0.2) is 0 Å². The van der Waals surface area contributed by atoms with Crippen LogP contribution in [0.15, 0.2) is 60.9 Å². The van der Waals surface area contributed by atoms with Crippen molar-refractivity contribution in [3.8, 4) is 0 Å². The number of hydrogen-bond donors (Lipinski definition) is 4. The number of para-hydroxylation sites is 2. The average molecular weight is 390 g/mol. The number of rotatable bonds is 6. The molecule has 2 heterocycles. The molecule has 148 valence electrons. The van der Waals surface area contributed by atoms with Gasteiger partial charge in [-0.05, 0) is 29.7 Å². The number of aromatic nitrogens is 2. The smallest absolute Gasteiger partial charge is 0.320 e. The summed E-state index contributed by atoms with van der Waals surface area (Å²) in [6.45, 7) is 0. The van der Waals surface area contributed by atoms with Gasteiger partial charge in [0.2, 0.25) is 5.91 Å². The largest absolute Gasteiger partial charge is 0.480 e. The van der Waals surface area contributed by atoms with E-state index in [1.807, 2.05) is 54.7 Å². The summed E-state index contributed by atoms with van der Waals surface area (Å²) in [4.78, 5) is 27.5. The minimum absolute atomic E-state index is 0.133. The Morgan fingerprint density at radius 2 is 1.59 bits per heavy atom. The van der Waals surface area contributed by atoms with Gasteiger partial charge in [-0.15, -0.1) is 0 Å². The molecular formula is C22H22N4O3. The van der Waals surface area contributed by atoms with Crippen molar-refractivity contribution in [3.63, 3.8) is 0 Å². The molecule has 0 unspecified atom stereocenters. The second-order valence-electron chi connectivity index (χ2n) is 7.20. The lowest BCUT2D eigenvalue weighted by Crippen LogP contribution is -2.36. The highest BCUT2D eigenvalue weighted by Crippen LogP contribution is 2.24. The molecule has 2 aromatic carbocycles. The van der Waals surface area contributed by atoms with Crippen LogP contribution in [0, 0.1) is 0 Å². The van der Waals surface area contributed by atoms with Crippen molar-refractivity contribution in [2.45, 2.75) is 24.9 Å². The number of nitrogens with one attached hydrogen (secondary N) is 1. The Balaban J connectivity index is 1.65. The van der Waals surface area contributed by atoms with Crippen molar-refractivity contribution in [2.24, 2.45) is 11.5 Å². The number of carboxylic acids is 1. The maximum Gasteiger partial charge on any atom is 0.320 e. The van der Waals surface area contributed by atoms with Crippen LogP contribution >= 0.6 is 0 Å². The molecule has 0 bridgehead atoms. The van der Waals surface area contributed by atoms with Gasteiger partial charge in [0.25, 0.3) is 0 Å². The van der Waals surface area contributed by atoms with Crippen LogP contribution < -0.4 is 11.5 Å². The molecule has 0 aliphatic carbocycles. The Morgan fingerprint density at radius 1 is 0.931 bits per heavy atom. The molecule has 0 saturated carbocycles. The van der Waals surface area contributed by atoms with Crippen molar-refractivity contribution in [2.75, 3.05) is 0 Å². The number of aliphatic carboxylic acids is 1. The SMILES string of the molecule is N[C@@H](Cc1cn(C(=O)[C@@H](N)Cc2c[nH]c3ccccc23)c2ccccc12)C(=O)O. The molecule has 29 heavy (non-hydrogen) atoms. The van der Waals surface area contributed by atoms with E-state index < -0.39 is 18.1 Å². The predicted octanol–water partition coefficient (Wildman–Crippen LogP) is 2.29. The van der Waals surface area contributed by atoms with E-state index in [9.17, 15) is 9.59 Å². The minimum atomic E-state index is -1.08. The fraction of sp³-hybridized carbons (Fsp3) is 0.182. The third kappa shape index (κ3) is 3.53. The highest BCUT2D eigenvalue weighted by molar-refractivity contribution is 5.97. The number of nitrogens with two attached hydrogens (primary N) is 2. The molecule has 7 heteroatoms. The predicted molar refractivity (Wildman–Crippen MR) is 112 cm³/mol.